The van der Waals surface area contributed by atoms with Crippen LogP contribution in [0.15, 0.2) is 24.5 Å². The zero-order valence-electron chi connectivity index (χ0n) is 19.2. The zero-order valence-corrected chi connectivity index (χ0v) is 19.2. The average molecular weight is 474 g/mol. The van der Waals surface area contributed by atoms with Crippen LogP contribution < -0.4 is 10.2 Å². The number of rotatable bonds is 8. The second-order valence-corrected chi connectivity index (χ2v) is 8.88. The summed E-state index contributed by atoms with van der Waals surface area (Å²) in [4.78, 5) is 37.6. The van der Waals surface area contributed by atoms with Crippen molar-refractivity contribution in [2.75, 3.05) is 31.1 Å². The van der Waals surface area contributed by atoms with Crippen LogP contribution in [0.4, 0.5) is 14.6 Å². The maximum Gasteiger partial charge on any atom is 0.254 e. The van der Waals surface area contributed by atoms with Gasteiger partial charge in [-0.15, -0.1) is 0 Å². The molecule has 2 amide bonds. The van der Waals surface area contributed by atoms with E-state index in [2.05, 4.69) is 15.3 Å². The molecule has 4 heterocycles. The minimum atomic E-state index is -2.61. The number of pyridine rings is 2. The van der Waals surface area contributed by atoms with E-state index in [-0.39, 0.29) is 50.8 Å². The van der Waals surface area contributed by atoms with Crippen LogP contribution in [-0.2, 0) is 24.3 Å². The van der Waals surface area contributed by atoms with E-state index in [9.17, 15) is 18.4 Å². The van der Waals surface area contributed by atoms with Gasteiger partial charge in [0, 0.05) is 75.7 Å². The Morgan fingerprint density at radius 3 is 2.74 bits per heavy atom. The number of nitrogens with one attached hydrogen (secondary N) is 1. The molecule has 8 nitrogen and oxygen atoms in total. The molecular formula is C24H29F2N5O3. The van der Waals surface area contributed by atoms with Gasteiger partial charge in [-0.05, 0) is 36.6 Å². The van der Waals surface area contributed by atoms with Crippen LogP contribution in [0.2, 0.25) is 0 Å². The summed E-state index contributed by atoms with van der Waals surface area (Å²) < 4.78 is 27.0. The minimum Gasteiger partial charge on any atom is -0.396 e. The molecule has 10 heteroatoms. The lowest BCUT2D eigenvalue weighted by Crippen LogP contribution is -2.40. The molecule has 2 aliphatic rings. The number of alkyl halides is 2. The van der Waals surface area contributed by atoms with Crippen LogP contribution in [-0.4, -0.2) is 64.0 Å². The second kappa shape index (κ2) is 10.0. The van der Waals surface area contributed by atoms with Crippen LogP contribution in [0.5, 0.6) is 0 Å². The predicted octanol–water partition coefficient (Wildman–Crippen LogP) is 2.22. The Balaban J connectivity index is 1.42. The van der Waals surface area contributed by atoms with E-state index in [1.807, 2.05) is 17.9 Å². The fraction of sp³-hybridized carbons (Fsp3) is 0.500. The molecular weight excluding hydrogens is 444 g/mol. The molecule has 2 aromatic rings. The lowest BCUT2D eigenvalue weighted by Gasteiger charge is -2.33. The van der Waals surface area contributed by atoms with E-state index in [4.69, 9.17) is 5.11 Å². The van der Waals surface area contributed by atoms with Crippen molar-refractivity contribution in [2.24, 2.45) is 0 Å². The first-order valence-corrected chi connectivity index (χ1v) is 11.5. The first-order valence-electron chi connectivity index (χ1n) is 11.5. The molecule has 4 rings (SSSR count). The predicted molar refractivity (Wildman–Crippen MR) is 122 cm³/mol. The topological polar surface area (TPSA) is 98.7 Å². The highest BCUT2D eigenvalue weighted by molar-refractivity contribution is 5.98. The normalized spacial score (nSPS) is 17.1. The summed E-state index contributed by atoms with van der Waals surface area (Å²) in [5.41, 5.74) is 3.60. The van der Waals surface area contributed by atoms with Crippen LogP contribution in [0.1, 0.15) is 52.0 Å². The fourth-order valence-corrected chi connectivity index (χ4v) is 4.46. The molecule has 0 radical (unpaired) electrons. The van der Waals surface area contributed by atoms with E-state index in [1.165, 1.54) is 0 Å². The molecule has 0 aromatic carbocycles. The van der Waals surface area contributed by atoms with Crippen molar-refractivity contribution in [3.05, 3.63) is 52.5 Å². The number of carbonyl (C=O) groups is 2. The Labute approximate surface area is 197 Å². The number of aliphatic hydroxyl groups is 1. The van der Waals surface area contributed by atoms with E-state index in [1.54, 1.807) is 23.4 Å². The summed E-state index contributed by atoms with van der Waals surface area (Å²) in [5.74, 6) is -2.23. The van der Waals surface area contributed by atoms with Gasteiger partial charge >= 0.3 is 0 Å². The maximum absolute atomic E-state index is 13.5. The number of amides is 2. The van der Waals surface area contributed by atoms with Gasteiger partial charge in [0.1, 0.15) is 5.82 Å². The van der Waals surface area contributed by atoms with Gasteiger partial charge in [0.25, 0.3) is 11.8 Å². The van der Waals surface area contributed by atoms with Crippen LogP contribution in [0, 0.1) is 6.92 Å². The van der Waals surface area contributed by atoms with Gasteiger partial charge < -0.3 is 20.2 Å². The number of carbonyl (C=O) groups excluding carboxylic acids is 2. The van der Waals surface area contributed by atoms with Crippen molar-refractivity contribution < 1.29 is 23.5 Å². The molecule has 2 N–H and O–H groups in total. The molecule has 2 aliphatic heterocycles. The van der Waals surface area contributed by atoms with Gasteiger partial charge in [0.15, 0.2) is 0 Å². The summed E-state index contributed by atoms with van der Waals surface area (Å²) in [6.45, 7) is 3.53. The third kappa shape index (κ3) is 5.32. The van der Waals surface area contributed by atoms with Gasteiger partial charge in [0.05, 0.1) is 12.1 Å². The molecule has 182 valence electrons. The van der Waals surface area contributed by atoms with E-state index in [0.29, 0.717) is 43.1 Å². The number of hydrogen-bond donors (Lipinski definition) is 2. The summed E-state index contributed by atoms with van der Waals surface area (Å²) in [5, 5.41) is 11.6. The molecule has 0 spiro atoms. The number of anilines is 1. The highest BCUT2D eigenvalue weighted by atomic mass is 19.3. The number of fused-ring (bicyclic) bond motifs is 1. The standard InChI is InChI=1S/C24H29F2N5O3/c1-16-11-17(13-29-22(16)30-8-4-24(25,26)5-9-30)14-31-15-19-18(23(31)34)3-7-27-20(19)12-21(33)28-6-2-10-32/h3,7,11,13,32H,2,4-6,8-10,12,14-15H2,1H3,(H,28,33). The van der Waals surface area contributed by atoms with Gasteiger partial charge in [-0.2, -0.15) is 0 Å². The van der Waals surface area contributed by atoms with Crippen molar-refractivity contribution >= 4 is 17.6 Å². The monoisotopic (exact) mass is 473 g/mol. The third-order valence-corrected chi connectivity index (χ3v) is 6.27. The zero-order chi connectivity index (χ0) is 24.3. The number of nitrogens with zero attached hydrogens (tertiary/aromatic N) is 4. The average Bonchev–Trinajstić information content (AvgIpc) is 3.11. The number of hydrogen-bond acceptors (Lipinski definition) is 6. The SMILES string of the molecule is Cc1cc(CN2Cc3c(ccnc3CC(=O)NCCCO)C2=O)cnc1N1CCC(F)(F)CC1. The highest BCUT2D eigenvalue weighted by Crippen LogP contribution is 2.32. The minimum absolute atomic E-state index is 0.00596. The Kier molecular flexibility index (Phi) is 7.06. The summed E-state index contributed by atoms with van der Waals surface area (Å²) >= 11 is 0. The van der Waals surface area contributed by atoms with Crippen molar-refractivity contribution in [3.8, 4) is 0 Å². The van der Waals surface area contributed by atoms with Gasteiger partial charge in [-0.1, -0.05) is 0 Å². The van der Waals surface area contributed by atoms with Gasteiger partial charge in [0.2, 0.25) is 5.91 Å². The second-order valence-electron chi connectivity index (χ2n) is 8.88. The van der Waals surface area contributed by atoms with E-state index >= 15 is 0 Å². The number of aromatic nitrogens is 2. The van der Waals surface area contributed by atoms with Crippen molar-refractivity contribution in [3.63, 3.8) is 0 Å². The van der Waals surface area contributed by atoms with Crippen LogP contribution in [0.3, 0.4) is 0 Å². The van der Waals surface area contributed by atoms with Crippen molar-refractivity contribution in [2.45, 2.75) is 51.6 Å². The Morgan fingerprint density at radius 2 is 2.03 bits per heavy atom. The molecule has 2 aromatic heterocycles. The van der Waals surface area contributed by atoms with Crippen molar-refractivity contribution in [1.82, 2.24) is 20.2 Å². The number of halogens is 2. The largest absolute Gasteiger partial charge is 0.396 e. The Morgan fingerprint density at radius 1 is 1.26 bits per heavy atom. The lowest BCUT2D eigenvalue weighted by atomic mass is 10.1. The first-order chi connectivity index (χ1) is 16.3. The van der Waals surface area contributed by atoms with Crippen LogP contribution in [0.25, 0.3) is 0 Å². The molecule has 34 heavy (non-hydrogen) atoms. The number of aryl methyl sites for hydroxylation is 1. The maximum atomic E-state index is 13.5. The van der Waals surface area contributed by atoms with E-state index in [0.717, 1.165) is 16.7 Å². The van der Waals surface area contributed by atoms with Gasteiger partial charge in [-0.3, -0.25) is 14.6 Å². The first kappa shape index (κ1) is 24.0. The Bertz CT molecular complexity index is 1070. The molecule has 1 fully saturated rings. The molecule has 1 saturated heterocycles. The quantitative estimate of drug-likeness (QED) is 0.571. The molecule has 0 unspecified atom stereocenters. The third-order valence-electron chi connectivity index (χ3n) is 6.27. The Hall–Kier alpha value is -3.14. The molecule has 0 atom stereocenters. The summed E-state index contributed by atoms with van der Waals surface area (Å²) in [6, 6.07) is 3.61. The van der Waals surface area contributed by atoms with Gasteiger partial charge in [-0.25, -0.2) is 13.8 Å². The highest BCUT2D eigenvalue weighted by Gasteiger charge is 2.35. The van der Waals surface area contributed by atoms with E-state index < -0.39 is 5.92 Å². The number of aliphatic hydroxyl groups excluding tert-OH is 1. The molecule has 0 aliphatic carbocycles. The summed E-state index contributed by atoms with van der Waals surface area (Å²) in [7, 11) is 0. The smallest absolute Gasteiger partial charge is 0.254 e. The number of piperidine rings is 1. The summed E-state index contributed by atoms with van der Waals surface area (Å²) in [6.07, 6.45) is 3.44. The van der Waals surface area contributed by atoms with Crippen LogP contribution >= 0.6 is 0 Å². The van der Waals surface area contributed by atoms with Crippen molar-refractivity contribution in [1.29, 1.82) is 0 Å². The molecule has 0 bridgehead atoms. The fourth-order valence-electron chi connectivity index (χ4n) is 4.46. The molecule has 0 saturated carbocycles. The lowest BCUT2D eigenvalue weighted by molar-refractivity contribution is -0.120.